The Balaban J connectivity index is 2.07. The summed E-state index contributed by atoms with van der Waals surface area (Å²) in [6.07, 6.45) is 5.63. The first-order valence-corrected chi connectivity index (χ1v) is 8.09. The molecule has 0 radical (unpaired) electrons. The zero-order valence-corrected chi connectivity index (χ0v) is 14.1. The summed E-state index contributed by atoms with van der Waals surface area (Å²) in [5.74, 6) is 0.895. The third kappa shape index (κ3) is 4.58. The molecule has 1 aromatic carbocycles. The fraction of sp³-hybridized carbons (Fsp3) is 0.438. The third-order valence-corrected chi connectivity index (χ3v) is 3.93. The monoisotopic (exact) mass is 351 g/mol. The molecule has 2 N–H and O–H groups in total. The highest BCUT2D eigenvalue weighted by molar-refractivity contribution is 9.10. The van der Waals surface area contributed by atoms with E-state index in [2.05, 4.69) is 40.9 Å². The molecule has 4 nitrogen and oxygen atoms in total. The summed E-state index contributed by atoms with van der Waals surface area (Å²) in [7, 11) is 0. The van der Waals surface area contributed by atoms with E-state index in [1.54, 1.807) is 0 Å². The number of benzene rings is 1. The summed E-state index contributed by atoms with van der Waals surface area (Å²) < 4.78 is 8.90. The summed E-state index contributed by atoms with van der Waals surface area (Å²) >= 11 is 3.51. The first-order valence-electron chi connectivity index (χ1n) is 7.30. The first kappa shape index (κ1) is 16.0. The van der Waals surface area contributed by atoms with Crippen LogP contribution in [0, 0.1) is 0 Å². The molecule has 1 atom stereocenters. The van der Waals surface area contributed by atoms with Crippen molar-refractivity contribution in [1.29, 1.82) is 0 Å². The zero-order valence-electron chi connectivity index (χ0n) is 12.6. The number of rotatable bonds is 7. The lowest BCUT2D eigenvalue weighted by Crippen LogP contribution is -2.21. The van der Waals surface area contributed by atoms with Crippen LogP contribution in [-0.2, 0) is 19.6 Å². The van der Waals surface area contributed by atoms with Crippen LogP contribution >= 0.6 is 15.9 Å². The van der Waals surface area contributed by atoms with Gasteiger partial charge in [-0.25, -0.2) is 0 Å². The number of hydrogen-bond acceptors (Lipinski definition) is 3. The highest BCUT2D eigenvalue weighted by Gasteiger charge is 2.09. The molecule has 2 aromatic rings. The molecule has 0 aliphatic carbocycles. The predicted molar refractivity (Wildman–Crippen MR) is 88.3 cm³/mol. The number of halogens is 1. The molecular weight excluding hydrogens is 330 g/mol. The summed E-state index contributed by atoms with van der Waals surface area (Å²) in [5.41, 5.74) is 8.28. The van der Waals surface area contributed by atoms with E-state index in [4.69, 9.17) is 10.5 Å². The second-order valence-electron chi connectivity index (χ2n) is 5.12. The number of aryl methyl sites for hydroxylation is 1. The minimum atomic E-state index is 0.157. The number of aromatic nitrogens is 2. The maximum atomic E-state index is 6.07. The van der Waals surface area contributed by atoms with Crippen molar-refractivity contribution in [3.05, 3.63) is 46.2 Å². The van der Waals surface area contributed by atoms with Crippen molar-refractivity contribution in [3.63, 3.8) is 0 Å². The van der Waals surface area contributed by atoms with Gasteiger partial charge in [0.05, 0.1) is 6.20 Å². The van der Waals surface area contributed by atoms with Gasteiger partial charge in [-0.1, -0.05) is 22.9 Å². The molecule has 0 fully saturated rings. The van der Waals surface area contributed by atoms with Crippen LogP contribution in [0.25, 0.3) is 0 Å². The minimum absolute atomic E-state index is 0.157. The van der Waals surface area contributed by atoms with E-state index >= 15 is 0 Å². The Labute approximate surface area is 134 Å². The predicted octanol–water partition coefficient (Wildman–Crippen LogP) is 3.52. The topological polar surface area (TPSA) is 53.1 Å². The van der Waals surface area contributed by atoms with Crippen molar-refractivity contribution in [3.8, 4) is 5.75 Å². The lowest BCUT2D eigenvalue weighted by Gasteiger charge is -2.14. The smallest absolute Gasteiger partial charge is 0.123 e. The average Bonchev–Trinajstić information content (AvgIpc) is 2.94. The largest absolute Gasteiger partial charge is 0.489 e. The van der Waals surface area contributed by atoms with Crippen molar-refractivity contribution in [2.24, 2.45) is 5.73 Å². The second kappa shape index (κ2) is 7.61. The van der Waals surface area contributed by atoms with Gasteiger partial charge in [-0.2, -0.15) is 5.10 Å². The van der Waals surface area contributed by atoms with Crippen LogP contribution in [0.15, 0.2) is 35.1 Å². The Morgan fingerprint density at radius 2 is 2.19 bits per heavy atom. The molecule has 0 saturated carbocycles. The van der Waals surface area contributed by atoms with Crippen molar-refractivity contribution in [2.45, 2.75) is 45.9 Å². The lowest BCUT2D eigenvalue weighted by molar-refractivity contribution is 0.302. The number of nitrogens with zero attached hydrogens (tertiary/aromatic N) is 2. The van der Waals surface area contributed by atoms with Crippen molar-refractivity contribution >= 4 is 15.9 Å². The molecule has 2 rings (SSSR count). The van der Waals surface area contributed by atoms with Crippen LogP contribution in [0.5, 0.6) is 5.75 Å². The average molecular weight is 352 g/mol. The van der Waals surface area contributed by atoms with Crippen LogP contribution in [0.2, 0.25) is 0 Å². The van der Waals surface area contributed by atoms with E-state index in [9.17, 15) is 0 Å². The quantitative estimate of drug-likeness (QED) is 0.830. The van der Waals surface area contributed by atoms with E-state index in [-0.39, 0.29) is 6.04 Å². The number of hydrogen-bond donors (Lipinski definition) is 1. The van der Waals surface area contributed by atoms with Crippen LogP contribution in [0.3, 0.4) is 0 Å². The van der Waals surface area contributed by atoms with Gasteiger partial charge in [0, 0.05) is 28.8 Å². The van der Waals surface area contributed by atoms with E-state index in [1.165, 1.54) is 0 Å². The molecule has 1 aromatic heterocycles. The molecule has 0 aliphatic rings. The number of nitrogens with two attached hydrogens (primary N) is 1. The fourth-order valence-electron chi connectivity index (χ4n) is 2.09. The number of ether oxygens (including phenoxy) is 1. The SMILES string of the molecule is CCC(N)Cc1cc(Br)ccc1OCc1cnn(CC)c1. The normalized spacial score (nSPS) is 12.4. The van der Waals surface area contributed by atoms with Gasteiger partial charge >= 0.3 is 0 Å². The molecule has 0 amide bonds. The maximum Gasteiger partial charge on any atom is 0.123 e. The summed E-state index contributed by atoms with van der Waals surface area (Å²) in [6.45, 7) is 5.56. The maximum absolute atomic E-state index is 6.07. The van der Waals surface area contributed by atoms with Gasteiger partial charge in [0.1, 0.15) is 12.4 Å². The summed E-state index contributed by atoms with van der Waals surface area (Å²) in [6, 6.07) is 6.22. The lowest BCUT2D eigenvalue weighted by atomic mass is 10.0. The molecule has 1 unspecified atom stereocenters. The van der Waals surface area contributed by atoms with Crippen LogP contribution < -0.4 is 10.5 Å². The van der Waals surface area contributed by atoms with E-state index < -0.39 is 0 Å². The Morgan fingerprint density at radius 1 is 1.38 bits per heavy atom. The van der Waals surface area contributed by atoms with E-state index in [0.29, 0.717) is 6.61 Å². The van der Waals surface area contributed by atoms with Gasteiger partial charge in [-0.15, -0.1) is 0 Å². The van der Waals surface area contributed by atoms with Gasteiger partial charge in [0.2, 0.25) is 0 Å². The Kier molecular flexibility index (Phi) is 5.82. The van der Waals surface area contributed by atoms with E-state index in [0.717, 1.165) is 40.7 Å². The highest BCUT2D eigenvalue weighted by Crippen LogP contribution is 2.25. The van der Waals surface area contributed by atoms with Crippen LogP contribution in [-0.4, -0.2) is 15.8 Å². The van der Waals surface area contributed by atoms with Crippen LogP contribution in [0.4, 0.5) is 0 Å². The van der Waals surface area contributed by atoms with Crippen molar-refractivity contribution in [2.75, 3.05) is 0 Å². The summed E-state index contributed by atoms with van der Waals surface area (Å²) in [5, 5.41) is 4.25. The Hall–Kier alpha value is -1.33. The highest BCUT2D eigenvalue weighted by atomic mass is 79.9. The molecule has 21 heavy (non-hydrogen) atoms. The zero-order chi connectivity index (χ0) is 15.2. The molecular formula is C16H22BrN3O. The fourth-order valence-corrected chi connectivity index (χ4v) is 2.50. The van der Waals surface area contributed by atoms with Gasteiger partial charge in [0.15, 0.2) is 0 Å². The van der Waals surface area contributed by atoms with Gasteiger partial charge in [-0.3, -0.25) is 4.68 Å². The molecule has 0 bridgehead atoms. The molecule has 5 heteroatoms. The molecule has 1 heterocycles. The molecule has 0 aliphatic heterocycles. The first-order chi connectivity index (χ1) is 10.1. The third-order valence-electron chi connectivity index (χ3n) is 3.43. The Bertz CT molecular complexity index is 583. The van der Waals surface area contributed by atoms with Gasteiger partial charge < -0.3 is 10.5 Å². The van der Waals surface area contributed by atoms with Crippen LogP contribution in [0.1, 0.15) is 31.4 Å². The second-order valence-corrected chi connectivity index (χ2v) is 6.03. The van der Waals surface area contributed by atoms with E-state index in [1.807, 2.05) is 29.2 Å². The van der Waals surface area contributed by atoms with Gasteiger partial charge in [0.25, 0.3) is 0 Å². The van der Waals surface area contributed by atoms with Crippen molar-refractivity contribution < 1.29 is 4.74 Å². The Morgan fingerprint density at radius 3 is 2.86 bits per heavy atom. The van der Waals surface area contributed by atoms with Crippen molar-refractivity contribution in [1.82, 2.24) is 9.78 Å². The van der Waals surface area contributed by atoms with Gasteiger partial charge in [-0.05, 0) is 43.5 Å². The minimum Gasteiger partial charge on any atom is -0.489 e. The summed E-state index contributed by atoms with van der Waals surface area (Å²) in [4.78, 5) is 0. The standard InChI is InChI=1S/C16H22BrN3O/c1-3-15(18)8-13-7-14(17)5-6-16(13)21-11-12-9-19-20(4-2)10-12/h5-7,9-10,15H,3-4,8,11,18H2,1-2H3. The molecule has 114 valence electrons. The molecule has 0 saturated heterocycles. The molecule has 0 spiro atoms.